The molecule has 0 bridgehead atoms. The van der Waals surface area contributed by atoms with Crippen LogP contribution >= 0.6 is 11.6 Å². The first-order valence-corrected chi connectivity index (χ1v) is 8.72. The van der Waals surface area contributed by atoms with Gasteiger partial charge in [-0.3, -0.25) is 4.79 Å². The van der Waals surface area contributed by atoms with Gasteiger partial charge >= 0.3 is 0 Å². The van der Waals surface area contributed by atoms with E-state index in [9.17, 15) is 4.79 Å². The van der Waals surface area contributed by atoms with Gasteiger partial charge in [0.25, 0.3) is 5.91 Å². The standard InChI is InChI=1S/C20H20ClN3O2/c1-13-10-19(24-26-13)20(25)23-18-11-15(8-9-17(18)21)12-22-14(2)16-6-4-3-5-7-16/h3-11,14,22H,12H2,1-2H3,(H,23,25). The van der Waals surface area contributed by atoms with E-state index in [-0.39, 0.29) is 17.6 Å². The highest BCUT2D eigenvalue weighted by atomic mass is 35.5. The Morgan fingerprint density at radius 2 is 1.96 bits per heavy atom. The van der Waals surface area contributed by atoms with Gasteiger partial charge in [0.1, 0.15) is 5.76 Å². The Kier molecular flexibility index (Phi) is 5.71. The van der Waals surface area contributed by atoms with Crippen LogP contribution in [0.5, 0.6) is 0 Å². The van der Waals surface area contributed by atoms with Gasteiger partial charge in [0.05, 0.1) is 10.7 Å². The van der Waals surface area contributed by atoms with Gasteiger partial charge < -0.3 is 15.2 Å². The van der Waals surface area contributed by atoms with Crippen LogP contribution in [0.3, 0.4) is 0 Å². The highest BCUT2D eigenvalue weighted by Gasteiger charge is 2.13. The van der Waals surface area contributed by atoms with E-state index in [1.165, 1.54) is 5.56 Å². The smallest absolute Gasteiger partial charge is 0.277 e. The summed E-state index contributed by atoms with van der Waals surface area (Å²) in [6.45, 7) is 4.50. The first-order valence-electron chi connectivity index (χ1n) is 8.34. The van der Waals surface area contributed by atoms with Gasteiger partial charge in [0.2, 0.25) is 0 Å². The van der Waals surface area contributed by atoms with Crippen molar-refractivity contribution >= 4 is 23.2 Å². The van der Waals surface area contributed by atoms with Crippen LogP contribution in [-0.4, -0.2) is 11.1 Å². The maximum absolute atomic E-state index is 12.2. The molecule has 6 heteroatoms. The fraction of sp³-hybridized carbons (Fsp3) is 0.200. The Labute approximate surface area is 157 Å². The molecular weight excluding hydrogens is 350 g/mol. The van der Waals surface area contributed by atoms with Crippen molar-refractivity contribution in [1.29, 1.82) is 0 Å². The summed E-state index contributed by atoms with van der Waals surface area (Å²) in [6.07, 6.45) is 0. The van der Waals surface area contributed by atoms with Gasteiger partial charge in [-0.15, -0.1) is 0 Å². The molecule has 0 spiro atoms. The van der Waals surface area contributed by atoms with E-state index >= 15 is 0 Å². The Bertz CT molecular complexity index is 893. The molecule has 5 nitrogen and oxygen atoms in total. The SMILES string of the molecule is Cc1cc(C(=O)Nc2cc(CNC(C)c3ccccc3)ccc2Cl)no1. The predicted octanol–water partition coefficient (Wildman–Crippen LogP) is 4.74. The third kappa shape index (κ3) is 4.50. The first kappa shape index (κ1) is 18.2. The lowest BCUT2D eigenvalue weighted by atomic mass is 10.1. The Morgan fingerprint density at radius 1 is 1.19 bits per heavy atom. The number of rotatable bonds is 6. The molecule has 3 aromatic rings. The normalized spacial score (nSPS) is 12.0. The summed E-state index contributed by atoms with van der Waals surface area (Å²) in [6, 6.07) is 17.6. The molecule has 0 radical (unpaired) electrons. The fourth-order valence-corrected chi connectivity index (χ4v) is 2.73. The van der Waals surface area contributed by atoms with Crippen molar-refractivity contribution in [2.24, 2.45) is 0 Å². The zero-order valence-electron chi connectivity index (χ0n) is 14.6. The van der Waals surface area contributed by atoms with Crippen LogP contribution in [0.1, 0.15) is 40.3 Å². The third-order valence-electron chi connectivity index (χ3n) is 4.05. The summed E-state index contributed by atoms with van der Waals surface area (Å²) in [5.74, 6) is 0.223. The van der Waals surface area contributed by atoms with Gasteiger partial charge in [0, 0.05) is 18.7 Å². The van der Waals surface area contributed by atoms with Gasteiger partial charge in [-0.1, -0.05) is 53.2 Å². The van der Waals surface area contributed by atoms with Crippen molar-refractivity contribution in [1.82, 2.24) is 10.5 Å². The molecule has 26 heavy (non-hydrogen) atoms. The van der Waals surface area contributed by atoms with E-state index in [1.54, 1.807) is 19.1 Å². The van der Waals surface area contributed by atoms with E-state index in [2.05, 4.69) is 34.8 Å². The Morgan fingerprint density at radius 3 is 2.65 bits per heavy atom. The summed E-state index contributed by atoms with van der Waals surface area (Å²) < 4.78 is 4.93. The van der Waals surface area contributed by atoms with Crippen LogP contribution in [0.4, 0.5) is 5.69 Å². The van der Waals surface area contributed by atoms with Crippen LogP contribution in [0, 0.1) is 6.92 Å². The predicted molar refractivity (Wildman–Crippen MR) is 102 cm³/mol. The molecule has 134 valence electrons. The summed E-state index contributed by atoms with van der Waals surface area (Å²) >= 11 is 6.21. The van der Waals surface area contributed by atoms with E-state index in [4.69, 9.17) is 16.1 Å². The summed E-state index contributed by atoms with van der Waals surface area (Å²) in [5, 5.41) is 10.4. The number of nitrogens with one attached hydrogen (secondary N) is 2. The lowest BCUT2D eigenvalue weighted by molar-refractivity contribution is 0.101. The van der Waals surface area contributed by atoms with Crippen molar-refractivity contribution in [3.05, 3.63) is 82.2 Å². The highest BCUT2D eigenvalue weighted by Crippen LogP contribution is 2.24. The minimum atomic E-state index is -0.355. The zero-order chi connectivity index (χ0) is 18.5. The number of hydrogen-bond acceptors (Lipinski definition) is 4. The molecule has 0 fully saturated rings. The number of amides is 1. The number of aryl methyl sites for hydroxylation is 1. The number of hydrogen-bond donors (Lipinski definition) is 2. The summed E-state index contributed by atoms with van der Waals surface area (Å²) in [5.41, 5.74) is 3.00. The molecule has 2 N–H and O–H groups in total. The Balaban J connectivity index is 1.66. The minimum Gasteiger partial charge on any atom is -0.361 e. The van der Waals surface area contributed by atoms with E-state index < -0.39 is 0 Å². The average molecular weight is 370 g/mol. The molecule has 1 atom stereocenters. The number of aromatic nitrogens is 1. The van der Waals surface area contributed by atoms with Gasteiger partial charge in [-0.05, 0) is 37.1 Å². The zero-order valence-corrected chi connectivity index (χ0v) is 15.4. The molecule has 0 saturated heterocycles. The van der Waals surface area contributed by atoms with Crippen molar-refractivity contribution in [3.8, 4) is 0 Å². The maximum Gasteiger partial charge on any atom is 0.277 e. The molecule has 1 amide bonds. The van der Waals surface area contributed by atoms with Crippen molar-refractivity contribution < 1.29 is 9.32 Å². The van der Waals surface area contributed by atoms with Crippen LogP contribution in [0.2, 0.25) is 5.02 Å². The minimum absolute atomic E-state index is 0.211. The van der Waals surface area contributed by atoms with Crippen LogP contribution in [0.15, 0.2) is 59.1 Å². The Hall–Kier alpha value is -2.63. The molecule has 0 aliphatic heterocycles. The second kappa shape index (κ2) is 8.17. The van der Waals surface area contributed by atoms with Crippen molar-refractivity contribution in [2.45, 2.75) is 26.4 Å². The largest absolute Gasteiger partial charge is 0.361 e. The van der Waals surface area contributed by atoms with Crippen LogP contribution < -0.4 is 10.6 Å². The van der Waals surface area contributed by atoms with Gasteiger partial charge in [-0.2, -0.15) is 0 Å². The number of anilines is 1. The third-order valence-corrected chi connectivity index (χ3v) is 4.38. The summed E-state index contributed by atoms with van der Waals surface area (Å²) in [7, 11) is 0. The molecule has 0 aliphatic carbocycles. The maximum atomic E-state index is 12.2. The van der Waals surface area contributed by atoms with Gasteiger partial charge in [0.15, 0.2) is 5.69 Å². The molecule has 1 unspecified atom stereocenters. The summed E-state index contributed by atoms with van der Waals surface area (Å²) in [4.78, 5) is 12.2. The molecular formula is C20H20ClN3O2. The average Bonchev–Trinajstić information content (AvgIpc) is 3.09. The van der Waals surface area contributed by atoms with E-state index in [1.807, 2.05) is 30.3 Å². The molecule has 0 aliphatic rings. The van der Waals surface area contributed by atoms with E-state index in [0.29, 0.717) is 23.0 Å². The number of halogens is 1. The molecule has 0 saturated carbocycles. The fourth-order valence-electron chi connectivity index (χ4n) is 2.57. The molecule has 1 heterocycles. The second-order valence-electron chi connectivity index (χ2n) is 6.10. The monoisotopic (exact) mass is 369 g/mol. The van der Waals surface area contributed by atoms with Crippen LogP contribution in [-0.2, 0) is 6.54 Å². The first-order chi connectivity index (χ1) is 12.5. The molecule has 2 aromatic carbocycles. The highest BCUT2D eigenvalue weighted by molar-refractivity contribution is 6.33. The lowest BCUT2D eigenvalue weighted by Gasteiger charge is -2.15. The number of benzene rings is 2. The van der Waals surface area contributed by atoms with Gasteiger partial charge in [-0.25, -0.2) is 0 Å². The van der Waals surface area contributed by atoms with Crippen molar-refractivity contribution in [2.75, 3.05) is 5.32 Å². The second-order valence-corrected chi connectivity index (χ2v) is 6.51. The van der Waals surface area contributed by atoms with E-state index in [0.717, 1.165) is 5.56 Å². The van der Waals surface area contributed by atoms with Crippen LogP contribution in [0.25, 0.3) is 0 Å². The lowest BCUT2D eigenvalue weighted by Crippen LogP contribution is -2.18. The number of nitrogens with zero attached hydrogens (tertiary/aromatic N) is 1. The quantitative estimate of drug-likeness (QED) is 0.658. The molecule has 3 rings (SSSR count). The van der Waals surface area contributed by atoms with Crippen molar-refractivity contribution in [3.63, 3.8) is 0 Å². The molecule has 1 aromatic heterocycles. The number of carbonyl (C=O) groups excluding carboxylic acids is 1. The topological polar surface area (TPSA) is 67.2 Å². The number of carbonyl (C=O) groups is 1.